The van der Waals surface area contributed by atoms with Gasteiger partial charge in [0.2, 0.25) is 0 Å². The lowest BCUT2D eigenvalue weighted by atomic mass is 9.80. The third kappa shape index (κ3) is 2.33. The van der Waals surface area contributed by atoms with Crippen LogP contribution in [0.2, 0.25) is 5.02 Å². The smallest absolute Gasteiger partial charge is 0.262 e. The van der Waals surface area contributed by atoms with Crippen molar-refractivity contribution >= 4 is 28.8 Å². The largest absolute Gasteiger partial charge is 0.388 e. The Labute approximate surface area is 97.1 Å². The minimum absolute atomic E-state index is 0.199. The molecule has 1 aromatic rings. The van der Waals surface area contributed by atoms with Crippen molar-refractivity contribution in [3.05, 3.63) is 21.3 Å². The molecule has 0 bridgehead atoms. The van der Waals surface area contributed by atoms with E-state index in [2.05, 4.69) is 5.32 Å². The van der Waals surface area contributed by atoms with Gasteiger partial charge in [0.15, 0.2) is 0 Å². The number of halogens is 1. The van der Waals surface area contributed by atoms with E-state index in [0.29, 0.717) is 16.4 Å². The van der Waals surface area contributed by atoms with Crippen LogP contribution in [0.5, 0.6) is 0 Å². The molecule has 1 heterocycles. The van der Waals surface area contributed by atoms with Crippen molar-refractivity contribution in [2.45, 2.75) is 24.9 Å². The van der Waals surface area contributed by atoms with Crippen LogP contribution in [-0.4, -0.2) is 23.2 Å². The number of hydrogen-bond donors (Lipinski definition) is 2. The van der Waals surface area contributed by atoms with Crippen LogP contribution in [0, 0.1) is 0 Å². The average molecular weight is 246 g/mol. The zero-order valence-corrected chi connectivity index (χ0v) is 9.70. The Morgan fingerprint density at radius 1 is 1.67 bits per heavy atom. The molecule has 0 unspecified atom stereocenters. The van der Waals surface area contributed by atoms with Crippen molar-refractivity contribution in [3.8, 4) is 0 Å². The highest BCUT2D eigenvalue weighted by Gasteiger charge is 2.34. The van der Waals surface area contributed by atoms with Crippen LogP contribution in [0.3, 0.4) is 0 Å². The van der Waals surface area contributed by atoms with Gasteiger partial charge in [0, 0.05) is 6.54 Å². The molecule has 0 aromatic carbocycles. The molecule has 1 saturated carbocycles. The van der Waals surface area contributed by atoms with E-state index in [1.807, 2.05) is 0 Å². The predicted octanol–water partition coefficient (Wildman–Crippen LogP) is 2.05. The first-order valence-electron chi connectivity index (χ1n) is 4.84. The molecule has 1 aromatic heterocycles. The Morgan fingerprint density at radius 2 is 2.40 bits per heavy atom. The van der Waals surface area contributed by atoms with Crippen molar-refractivity contribution < 1.29 is 9.90 Å². The Balaban J connectivity index is 1.90. The van der Waals surface area contributed by atoms with Crippen LogP contribution < -0.4 is 5.32 Å². The van der Waals surface area contributed by atoms with E-state index >= 15 is 0 Å². The normalized spacial score (nSPS) is 18.3. The van der Waals surface area contributed by atoms with E-state index in [1.54, 1.807) is 11.4 Å². The highest BCUT2D eigenvalue weighted by atomic mass is 35.5. The molecule has 1 fully saturated rings. The molecule has 2 N–H and O–H groups in total. The molecule has 0 spiro atoms. The maximum atomic E-state index is 11.6. The maximum absolute atomic E-state index is 11.6. The van der Waals surface area contributed by atoms with Crippen LogP contribution >= 0.6 is 22.9 Å². The number of thiophene rings is 1. The third-order valence-electron chi connectivity index (χ3n) is 2.69. The average Bonchev–Trinajstić information content (AvgIpc) is 2.58. The fourth-order valence-corrected chi connectivity index (χ4v) is 2.60. The number of aliphatic hydroxyl groups is 1. The summed E-state index contributed by atoms with van der Waals surface area (Å²) in [6.45, 7) is 0.320. The highest BCUT2D eigenvalue weighted by molar-refractivity contribution is 7.12. The van der Waals surface area contributed by atoms with Gasteiger partial charge in [0.05, 0.1) is 10.6 Å². The molecule has 3 nitrogen and oxygen atoms in total. The van der Waals surface area contributed by atoms with Crippen LogP contribution in [-0.2, 0) is 0 Å². The summed E-state index contributed by atoms with van der Waals surface area (Å²) in [5.74, 6) is -0.199. The Morgan fingerprint density at radius 3 is 2.87 bits per heavy atom. The Hall–Kier alpha value is -0.580. The molecular formula is C10H12ClNO2S. The summed E-state index contributed by atoms with van der Waals surface area (Å²) < 4.78 is 0. The zero-order valence-electron chi connectivity index (χ0n) is 8.12. The first-order chi connectivity index (χ1) is 7.11. The Kier molecular flexibility index (Phi) is 3.00. The van der Waals surface area contributed by atoms with E-state index < -0.39 is 5.60 Å². The summed E-state index contributed by atoms with van der Waals surface area (Å²) in [4.78, 5) is 12.1. The molecule has 2 rings (SSSR count). The molecule has 0 radical (unpaired) electrons. The van der Waals surface area contributed by atoms with Crippen molar-refractivity contribution in [2.75, 3.05) is 6.54 Å². The Bertz CT molecular complexity index is 373. The van der Waals surface area contributed by atoms with Gasteiger partial charge < -0.3 is 10.4 Å². The first kappa shape index (κ1) is 10.9. The van der Waals surface area contributed by atoms with Gasteiger partial charge in [-0.2, -0.15) is 0 Å². The van der Waals surface area contributed by atoms with Crippen LogP contribution in [0.15, 0.2) is 11.4 Å². The van der Waals surface area contributed by atoms with E-state index in [0.717, 1.165) is 19.3 Å². The molecule has 1 aliphatic rings. The monoisotopic (exact) mass is 245 g/mol. The van der Waals surface area contributed by atoms with Crippen LogP contribution in [0.25, 0.3) is 0 Å². The topological polar surface area (TPSA) is 49.3 Å². The van der Waals surface area contributed by atoms with Gasteiger partial charge >= 0.3 is 0 Å². The number of nitrogens with one attached hydrogen (secondary N) is 1. The molecule has 1 aliphatic carbocycles. The van der Waals surface area contributed by atoms with E-state index in [1.165, 1.54) is 11.3 Å². The minimum Gasteiger partial charge on any atom is -0.388 e. The van der Waals surface area contributed by atoms with Gasteiger partial charge in [-0.05, 0) is 30.7 Å². The molecule has 5 heteroatoms. The minimum atomic E-state index is -0.681. The van der Waals surface area contributed by atoms with Crippen LogP contribution in [0.4, 0.5) is 0 Å². The summed E-state index contributed by atoms with van der Waals surface area (Å²) in [6.07, 6.45) is 2.57. The molecule has 0 atom stereocenters. The van der Waals surface area contributed by atoms with Crippen LogP contribution in [0.1, 0.15) is 28.9 Å². The van der Waals surface area contributed by atoms with E-state index in [4.69, 9.17) is 11.6 Å². The fourth-order valence-electron chi connectivity index (χ4n) is 1.54. The first-order valence-corrected chi connectivity index (χ1v) is 6.10. The summed E-state index contributed by atoms with van der Waals surface area (Å²) >= 11 is 7.13. The third-order valence-corrected chi connectivity index (χ3v) is 4.03. The van der Waals surface area contributed by atoms with Gasteiger partial charge in [0.1, 0.15) is 4.88 Å². The second-order valence-electron chi connectivity index (χ2n) is 3.86. The van der Waals surface area contributed by atoms with Crippen molar-refractivity contribution in [1.29, 1.82) is 0 Å². The highest BCUT2D eigenvalue weighted by Crippen LogP contribution is 2.31. The quantitative estimate of drug-likeness (QED) is 0.856. The standard InChI is InChI=1S/C10H12ClNO2S/c11-7-2-5-15-8(7)9(13)12-6-10(14)3-1-4-10/h2,5,14H,1,3-4,6H2,(H,12,13). The molecule has 1 amide bonds. The summed E-state index contributed by atoms with van der Waals surface area (Å²) in [6, 6.07) is 1.69. The predicted molar refractivity (Wildman–Crippen MR) is 60.5 cm³/mol. The molecule has 0 aliphatic heterocycles. The maximum Gasteiger partial charge on any atom is 0.262 e. The number of carbonyl (C=O) groups is 1. The van der Waals surface area contributed by atoms with Crippen molar-refractivity contribution in [3.63, 3.8) is 0 Å². The zero-order chi connectivity index (χ0) is 10.9. The lowest BCUT2D eigenvalue weighted by Crippen LogP contribution is -2.47. The van der Waals surface area contributed by atoms with Crippen molar-refractivity contribution in [1.82, 2.24) is 5.32 Å². The SMILES string of the molecule is O=C(NCC1(O)CCC1)c1sccc1Cl. The molecule has 82 valence electrons. The number of carbonyl (C=O) groups excluding carboxylic acids is 1. The molecular weight excluding hydrogens is 234 g/mol. The van der Waals surface area contributed by atoms with Gasteiger partial charge in [-0.25, -0.2) is 0 Å². The summed E-state index contributed by atoms with van der Waals surface area (Å²) in [5.41, 5.74) is -0.681. The van der Waals surface area contributed by atoms with E-state index in [9.17, 15) is 9.90 Å². The second-order valence-corrected chi connectivity index (χ2v) is 5.18. The summed E-state index contributed by atoms with van der Waals surface area (Å²) in [7, 11) is 0. The fraction of sp³-hybridized carbons (Fsp3) is 0.500. The number of rotatable bonds is 3. The van der Waals surface area contributed by atoms with Gasteiger partial charge in [-0.1, -0.05) is 11.6 Å². The van der Waals surface area contributed by atoms with Crippen molar-refractivity contribution in [2.24, 2.45) is 0 Å². The molecule has 0 saturated heterocycles. The lowest BCUT2D eigenvalue weighted by Gasteiger charge is -2.36. The number of amides is 1. The van der Waals surface area contributed by atoms with E-state index in [-0.39, 0.29) is 5.91 Å². The van der Waals surface area contributed by atoms with Gasteiger partial charge in [-0.15, -0.1) is 11.3 Å². The second kappa shape index (κ2) is 4.12. The van der Waals surface area contributed by atoms with Gasteiger partial charge in [-0.3, -0.25) is 4.79 Å². The number of hydrogen-bond acceptors (Lipinski definition) is 3. The molecule has 15 heavy (non-hydrogen) atoms. The summed E-state index contributed by atoms with van der Waals surface area (Å²) in [5, 5.41) is 14.7. The van der Waals surface area contributed by atoms with Gasteiger partial charge in [0.25, 0.3) is 5.91 Å². The lowest BCUT2D eigenvalue weighted by molar-refractivity contribution is -0.0300.